The maximum atomic E-state index is 12.0. The first kappa shape index (κ1) is 34.7. The highest BCUT2D eigenvalue weighted by Crippen LogP contribution is 2.39. The van der Waals surface area contributed by atoms with Gasteiger partial charge in [-0.25, -0.2) is 4.79 Å². The zero-order valence-electron chi connectivity index (χ0n) is 27.2. The van der Waals surface area contributed by atoms with Crippen molar-refractivity contribution in [2.75, 3.05) is 6.61 Å². The first-order valence-electron chi connectivity index (χ1n) is 14.7. The molecule has 4 nitrogen and oxygen atoms in total. The van der Waals surface area contributed by atoms with Crippen molar-refractivity contribution in [1.29, 1.82) is 0 Å². The Morgan fingerprint density at radius 1 is 0.825 bits per heavy atom. The molecule has 224 valence electrons. The lowest BCUT2D eigenvalue weighted by molar-refractivity contribution is -0.137. The van der Waals surface area contributed by atoms with E-state index in [9.17, 15) is 4.79 Å². The monoisotopic (exact) mass is 602 g/mol. The lowest BCUT2D eigenvalue weighted by atomic mass is 10.00. The average Bonchev–Trinajstić information content (AvgIpc) is 3.31. The second kappa shape index (κ2) is 14.1. The summed E-state index contributed by atoms with van der Waals surface area (Å²) in [5.74, 6) is -0.264. The van der Waals surface area contributed by atoms with Gasteiger partial charge in [0.05, 0.1) is 19.8 Å². The molecule has 0 saturated carbocycles. The Kier molecular flexibility index (Phi) is 12.2. The Labute approximate surface area is 250 Å². The van der Waals surface area contributed by atoms with E-state index in [2.05, 4.69) is 104 Å². The molecular formula is C33H54O4SSi2. The average molecular weight is 603 g/mol. The molecule has 0 N–H and O–H groups in total. The Morgan fingerprint density at radius 3 is 1.90 bits per heavy atom. The van der Waals surface area contributed by atoms with Gasteiger partial charge in [-0.15, -0.1) is 11.3 Å². The third kappa shape index (κ3) is 9.79. The van der Waals surface area contributed by atoms with E-state index in [1.54, 1.807) is 17.4 Å². The molecule has 0 saturated heterocycles. The number of hydrogen-bond acceptors (Lipinski definition) is 5. The minimum atomic E-state index is -1.89. The minimum Gasteiger partial charge on any atom is -0.463 e. The van der Waals surface area contributed by atoms with Crippen molar-refractivity contribution in [3.63, 3.8) is 0 Å². The van der Waals surface area contributed by atoms with Gasteiger partial charge in [-0.3, -0.25) is 0 Å². The highest BCUT2D eigenvalue weighted by atomic mass is 32.1. The van der Waals surface area contributed by atoms with Crippen LogP contribution < -0.4 is 0 Å². The summed E-state index contributed by atoms with van der Waals surface area (Å²) in [4.78, 5) is 13.1. The van der Waals surface area contributed by atoms with Crippen LogP contribution in [0.4, 0.5) is 0 Å². The quantitative estimate of drug-likeness (QED) is 0.130. The van der Waals surface area contributed by atoms with Crippen molar-refractivity contribution in [1.82, 2.24) is 0 Å². The van der Waals surface area contributed by atoms with Crippen LogP contribution >= 0.6 is 11.3 Å². The fraction of sp³-hybridized carbons (Fsp3) is 0.606. The SMILES string of the molecule is CCOC(=O)C=C(CC)c1cc(CCc2ccc(CO[Si](C)(C)C(C)(C)C)c(CO[Si](C)(C)C(C)(C)C)c2)cs1. The molecule has 0 fully saturated rings. The van der Waals surface area contributed by atoms with Crippen molar-refractivity contribution in [3.05, 3.63) is 62.9 Å². The van der Waals surface area contributed by atoms with E-state index < -0.39 is 16.6 Å². The maximum Gasteiger partial charge on any atom is 0.331 e. The lowest BCUT2D eigenvalue weighted by Gasteiger charge is -2.37. The number of carbonyl (C=O) groups excluding carboxylic acids is 1. The number of aryl methyl sites for hydroxylation is 2. The van der Waals surface area contributed by atoms with Gasteiger partial charge in [-0.2, -0.15) is 0 Å². The summed E-state index contributed by atoms with van der Waals surface area (Å²) in [5, 5.41) is 2.55. The van der Waals surface area contributed by atoms with Gasteiger partial charge in [-0.1, -0.05) is 66.7 Å². The second-order valence-electron chi connectivity index (χ2n) is 13.8. The van der Waals surface area contributed by atoms with Gasteiger partial charge in [0.2, 0.25) is 0 Å². The van der Waals surface area contributed by atoms with Gasteiger partial charge < -0.3 is 13.6 Å². The third-order valence-corrected chi connectivity index (χ3v) is 18.7. The molecule has 2 rings (SSSR count). The van der Waals surface area contributed by atoms with Crippen molar-refractivity contribution in [2.45, 2.75) is 124 Å². The molecule has 0 amide bonds. The van der Waals surface area contributed by atoms with E-state index in [4.69, 9.17) is 13.6 Å². The van der Waals surface area contributed by atoms with E-state index in [1.807, 2.05) is 6.92 Å². The number of thiophene rings is 1. The van der Waals surface area contributed by atoms with Crippen LogP contribution in [0.1, 0.15) is 88.9 Å². The van der Waals surface area contributed by atoms with Gasteiger partial charge in [0, 0.05) is 11.0 Å². The molecule has 0 radical (unpaired) electrons. The van der Waals surface area contributed by atoms with E-state index in [0.29, 0.717) is 19.8 Å². The standard InChI is InChI=1S/C33H54O4SSi2/c1-13-27(21-31(34)35-14-2)30-20-26(24-38-30)16-15-25-17-18-28(22-36-39(9,10)32(3,4)5)29(19-25)23-37-40(11,12)33(6,7)8/h17-21,24H,13-16,22-23H2,1-12H3. The summed E-state index contributed by atoms with van der Waals surface area (Å²) in [7, 11) is -3.75. The summed E-state index contributed by atoms with van der Waals surface area (Å²) >= 11 is 1.70. The summed E-state index contributed by atoms with van der Waals surface area (Å²) in [6.07, 6.45) is 4.35. The molecule has 1 aromatic heterocycles. The summed E-state index contributed by atoms with van der Waals surface area (Å²) in [5.41, 5.74) is 6.13. The molecule has 40 heavy (non-hydrogen) atoms. The first-order chi connectivity index (χ1) is 18.4. The van der Waals surface area contributed by atoms with Crippen LogP contribution in [0.5, 0.6) is 0 Å². The van der Waals surface area contributed by atoms with E-state index in [-0.39, 0.29) is 16.0 Å². The number of allylic oxidation sites excluding steroid dienone is 1. The van der Waals surface area contributed by atoms with Crippen LogP contribution in [-0.4, -0.2) is 29.2 Å². The van der Waals surface area contributed by atoms with E-state index >= 15 is 0 Å². The molecule has 1 aromatic carbocycles. The molecule has 7 heteroatoms. The fourth-order valence-electron chi connectivity index (χ4n) is 3.70. The molecule has 1 heterocycles. The smallest absolute Gasteiger partial charge is 0.331 e. The summed E-state index contributed by atoms with van der Waals surface area (Å²) < 4.78 is 18.4. The van der Waals surface area contributed by atoms with Crippen LogP contribution in [0.2, 0.25) is 36.3 Å². The van der Waals surface area contributed by atoms with Crippen molar-refractivity contribution >= 4 is 39.5 Å². The molecule has 2 aromatic rings. The van der Waals surface area contributed by atoms with Gasteiger partial charge in [0.1, 0.15) is 0 Å². The van der Waals surface area contributed by atoms with Crippen molar-refractivity contribution in [3.8, 4) is 0 Å². The fourth-order valence-corrected chi connectivity index (χ4v) is 6.63. The van der Waals surface area contributed by atoms with Crippen LogP contribution in [0, 0.1) is 0 Å². The molecule has 0 aliphatic carbocycles. The zero-order valence-corrected chi connectivity index (χ0v) is 30.1. The van der Waals surface area contributed by atoms with Crippen LogP contribution in [-0.2, 0) is 44.4 Å². The van der Waals surface area contributed by atoms with Crippen LogP contribution in [0.25, 0.3) is 5.57 Å². The van der Waals surface area contributed by atoms with Crippen molar-refractivity contribution in [2.24, 2.45) is 0 Å². The summed E-state index contributed by atoms with van der Waals surface area (Å²) in [6.45, 7) is 28.6. The number of benzene rings is 1. The topological polar surface area (TPSA) is 44.8 Å². The third-order valence-electron chi connectivity index (χ3n) is 8.69. The first-order valence-corrected chi connectivity index (χ1v) is 21.4. The molecule has 0 aliphatic rings. The Bertz CT molecular complexity index is 1150. The summed E-state index contributed by atoms with van der Waals surface area (Å²) in [6, 6.07) is 9.07. The predicted octanol–water partition coefficient (Wildman–Crippen LogP) is 9.93. The molecule has 0 spiro atoms. The van der Waals surface area contributed by atoms with E-state index in [0.717, 1.165) is 29.7 Å². The van der Waals surface area contributed by atoms with Crippen molar-refractivity contribution < 1.29 is 18.4 Å². The second-order valence-corrected chi connectivity index (χ2v) is 24.3. The normalized spacial score (nSPS) is 13.6. The Morgan fingerprint density at radius 2 is 1.38 bits per heavy atom. The van der Waals surface area contributed by atoms with E-state index in [1.165, 1.54) is 22.3 Å². The number of carbonyl (C=O) groups is 1. The largest absolute Gasteiger partial charge is 0.463 e. The Balaban J connectivity index is 2.23. The number of hydrogen-bond donors (Lipinski definition) is 0. The van der Waals surface area contributed by atoms with Gasteiger partial charge in [0.15, 0.2) is 16.6 Å². The zero-order chi connectivity index (χ0) is 30.4. The highest BCUT2D eigenvalue weighted by molar-refractivity contribution is 7.11. The molecular weight excluding hydrogens is 549 g/mol. The number of ether oxygens (including phenoxy) is 1. The highest BCUT2D eigenvalue weighted by Gasteiger charge is 2.38. The Hall–Kier alpha value is -1.52. The molecule has 0 unspecified atom stereocenters. The van der Waals surface area contributed by atoms with Gasteiger partial charge in [-0.05, 0) is 102 Å². The molecule has 0 bridgehead atoms. The maximum absolute atomic E-state index is 12.0. The lowest BCUT2D eigenvalue weighted by Crippen LogP contribution is -2.41. The molecule has 0 aliphatic heterocycles. The predicted molar refractivity (Wildman–Crippen MR) is 177 cm³/mol. The molecule has 0 atom stereocenters. The number of esters is 1. The minimum absolute atomic E-state index is 0.165. The van der Waals surface area contributed by atoms with Gasteiger partial charge in [0.25, 0.3) is 0 Å². The van der Waals surface area contributed by atoms with Gasteiger partial charge >= 0.3 is 5.97 Å². The van der Waals surface area contributed by atoms with Crippen LogP contribution in [0.3, 0.4) is 0 Å². The van der Waals surface area contributed by atoms with Crippen LogP contribution in [0.15, 0.2) is 35.7 Å². The number of rotatable bonds is 13.